The van der Waals surface area contributed by atoms with Crippen LogP contribution in [-0.2, 0) is 19.9 Å². The van der Waals surface area contributed by atoms with E-state index in [1.807, 2.05) is 0 Å². The highest BCUT2D eigenvalue weighted by Crippen LogP contribution is 2.61. The largest absolute Gasteiger partial charge is 0.481 e. The zero-order valence-corrected chi connectivity index (χ0v) is 20.0. The summed E-state index contributed by atoms with van der Waals surface area (Å²) in [6, 6.07) is 4.98. The summed E-state index contributed by atoms with van der Waals surface area (Å²) in [5, 5.41) is 22.1. The molecule has 4 heterocycles. The van der Waals surface area contributed by atoms with E-state index in [1.54, 1.807) is 0 Å². The van der Waals surface area contributed by atoms with Gasteiger partial charge in [0, 0.05) is 28.4 Å². The summed E-state index contributed by atoms with van der Waals surface area (Å²) < 4.78 is 43.4. The molecule has 3 aliphatic heterocycles. The minimum atomic E-state index is -3.31. The van der Waals surface area contributed by atoms with Crippen molar-refractivity contribution in [1.82, 2.24) is 15.1 Å². The number of halogens is 5. The summed E-state index contributed by atoms with van der Waals surface area (Å²) in [5.74, 6) is -10.8. The summed E-state index contributed by atoms with van der Waals surface area (Å²) in [6.07, 6.45) is -0.858. The van der Waals surface area contributed by atoms with E-state index < -0.39 is 65.9 Å². The van der Waals surface area contributed by atoms with Crippen LogP contribution >= 0.6 is 23.2 Å². The van der Waals surface area contributed by atoms with Crippen LogP contribution in [0.3, 0.4) is 0 Å². The lowest BCUT2D eigenvalue weighted by Crippen LogP contribution is -2.54. The Morgan fingerprint density at radius 1 is 1.22 bits per heavy atom. The molecule has 0 saturated carbocycles. The predicted octanol–water partition coefficient (Wildman–Crippen LogP) is 3.84. The number of fused-ring (bicyclic) bond motifs is 5. The number of aromatic nitrogens is 2. The van der Waals surface area contributed by atoms with Crippen molar-refractivity contribution < 1.29 is 32.7 Å². The molecule has 6 rings (SSSR count). The molecule has 0 aliphatic carbocycles. The zero-order valence-electron chi connectivity index (χ0n) is 18.5. The second-order valence-corrected chi connectivity index (χ2v) is 10.2. The molecular formula is C23H16Cl2F3N5O4. The molecule has 2 saturated heterocycles. The average molecular weight is 554 g/mol. The van der Waals surface area contributed by atoms with E-state index in [0.29, 0.717) is 5.52 Å². The molecule has 0 bridgehead atoms. The lowest BCUT2D eigenvalue weighted by Gasteiger charge is -2.35. The third kappa shape index (κ3) is 3.28. The van der Waals surface area contributed by atoms with Gasteiger partial charge in [-0.25, -0.2) is 13.2 Å². The van der Waals surface area contributed by atoms with Crippen molar-refractivity contribution in [3.63, 3.8) is 0 Å². The Balaban J connectivity index is 1.51. The number of rotatable bonds is 3. The highest BCUT2D eigenvalue weighted by Gasteiger charge is 2.74. The minimum absolute atomic E-state index is 0.00251. The number of amides is 2. The first kappa shape index (κ1) is 24.0. The van der Waals surface area contributed by atoms with E-state index in [0.717, 1.165) is 11.0 Å². The van der Waals surface area contributed by atoms with Gasteiger partial charge in [0.25, 0.3) is 11.8 Å². The third-order valence-corrected chi connectivity index (χ3v) is 7.89. The smallest absolute Gasteiger partial charge is 0.310 e. The van der Waals surface area contributed by atoms with Crippen LogP contribution in [0.2, 0.25) is 10.0 Å². The summed E-state index contributed by atoms with van der Waals surface area (Å²) in [5.41, 5.74) is -1.74. The molecule has 0 unspecified atom stereocenters. The van der Waals surface area contributed by atoms with Crippen LogP contribution in [0, 0.1) is 17.7 Å². The molecule has 192 valence electrons. The fraction of sp³-hybridized carbons (Fsp3) is 0.304. The van der Waals surface area contributed by atoms with Gasteiger partial charge in [0.15, 0.2) is 5.82 Å². The standard InChI is InChI=1S/C23H16Cl2F3N5O4/c24-8-3-11-17(12(25)4-8)29-21(37)23(11)16(20(35)36)15(14-6-22(27,28)7-33(14)23)19(34)30-18-10-5-9(26)1-2-13(10)31-32-18/h1-5,14-16H,6-7H2,(H,29,37)(H,35,36)(H2,30,31,32,34)/t14-,15+,16-,23+/m1/s1. The number of carboxylic acid groups (broad SMARTS) is 1. The number of hydrogen-bond donors (Lipinski definition) is 4. The normalized spacial score (nSPS) is 27.9. The quantitative estimate of drug-likeness (QED) is 0.390. The molecule has 3 aromatic rings. The number of anilines is 2. The fourth-order valence-electron chi connectivity index (χ4n) is 6.08. The van der Waals surface area contributed by atoms with Gasteiger partial charge in [-0.05, 0) is 30.3 Å². The average Bonchev–Trinajstić information content (AvgIpc) is 3.49. The Kier molecular flexibility index (Phi) is 5.08. The number of hydrogen-bond acceptors (Lipinski definition) is 5. The molecule has 1 spiro atoms. The number of carbonyl (C=O) groups excluding carboxylic acids is 2. The van der Waals surface area contributed by atoms with E-state index in [-0.39, 0.29) is 32.5 Å². The number of aliphatic carboxylic acids is 1. The lowest BCUT2D eigenvalue weighted by molar-refractivity contribution is -0.153. The number of alkyl halides is 2. The molecule has 2 aromatic carbocycles. The minimum Gasteiger partial charge on any atom is -0.481 e. The van der Waals surface area contributed by atoms with Crippen molar-refractivity contribution >= 4 is 63.4 Å². The zero-order chi connectivity index (χ0) is 26.4. The number of aromatic amines is 1. The number of carbonyl (C=O) groups is 3. The van der Waals surface area contributed by atoms with Gasteiger partial charge in [0.05, 0.1) is 28.7 Å². The molecular weight excluding hydrogens is 538 g/mol. The topological polar surface area (TPSA) is 127 Å². The van der Waals surface area contributed by atoms with E-state index in [1.165, 1.54) is 24.3 Å². The highest BCUT2D eigenvalue weighted by atomic mass is 35.5. The maximum absolute atomic E-state index is 14.8. The monoisotopic (exact) mass is 553 g/mol. The van der Waals surface area contributed by atoms with Crippen molar-refractivity contribution in [2.45, 2.75) is 23.9 Å². The molecule has 14 heteroatoms. The lowest BCUT2D eigenvalue weighted by atomic mass is 9.73. The Bertz CT molecular complexity index is 1530. The van der Waals surface area contributed by atoms with Gasteiger partial charge >= 0.3 is 5.97 Å². The van der Waals surface area contributed by atoms with Crippen LogP contribution in [0.1, 0.15) is 12.0 Å². The maximum Gasteiger partial charge on any atom is 0.310 e. The first-order valence-electron chi connectivity index (χ1n) is 11.1. The van der Waals surface area contributed by atoms with Gasteiger partial charge in [0.2, 0.25) is 5.91 Å². The second-order valence-electron chi connectivity index (χ2n) is 9.38. The molecule has 2 fully saturated rings. The van der Waals surface area contributed by atoms with Crippen LogP contribution in [0.4, 0.5) is 24.7 Å². The highest BCUT2D eigenvalue weighted by molar-refractivity contribution is 6.38. The van der Waals surface area contributed by atoms with Gasteiger partial charge in [-0.3, -0.25) is 24.4 Å². The molecule has 9 nitrogen and oxygen atoms in total. The van der Waals surface area contributed by atoms with Gasteiger partial charge in [-0.2, -0.15) is 5.10 Å². The molecule has 0 radical (unpaired) electrons. The first-order valence-corrected chi connectivity index (χ1v) is 11.8. The second kappa shape index (κ2) is 7.83. The number of nitrogens with one attached hydrogen (secondary N) is 3. The van der Waals surface area contributed by atoms with Gasteiger partial charge in [-0.1, -0.05) is 23.2 Å². The summed E-state index contributed by atoms with van der Waals surface area (Å²) in [4.78, 5) is 41.0. The fourth-order valence-corrected chi connectivity index (χ4v) is 6.62. The van der Waals surface area contributed by atoms with E-state index >= 15 is 0 Å². The summed E-state index contributed by atoms with van der Waals surface area (Å²) >= 11 is 12.4. The third-order valence-electron chi connectivity index (χ3n) is 7.37. The SMILES string of the molecule is O=C(Nc1n[nH]c2ccc(F)cc12)[C@H]1[C@H]2CC(F)(F)CN2[C@]2(C(=O)Nc3c(Cl)cc(Cl)cc32)[C@H]1C(=O)O. The summed E-state index contributed by atoms with van der Waals surface area (Å²) in [7, 11) is 0. The number of nitrogens with zero attached hydrogens (tertiary/aromatic N) is 2. The van der Waals surface area contributed by atoms with Crippen molar-refractivity contribution in [3.8, 4) is 0 Å². The van der Waals surface area contributed by atoms with Crippen molar-refractivity contribution in [2.75, 3.05) is 17.2 Å². The molecule has 4 N–H and O–H groups in total. The van der Waals surface area contributed by atoms with Crippen LogP contribution in [0.25, 0.3) is 10.9 Å². The predicted molar refractivity (Wildman–Crippen MR) is 126 cm³/mol. The van der Waals surface area contributed by atoms with Crippen molar-refractivity contribution in [1.29, 1.82) is 0 Å². The van der Waals surface area contributed by atoms with Crippen molar-refractivity contribution in [3.05, 3.63) is 51.8 Å². The molecule has 2 amide bonds. The van der Waals surface area contributed by atoms with Gasteiger partial charge in [0.1, 0.15) is 17.3 Å². The van der Waals surface area contributed by atoms with E-state index in [9.17, 15) is 32.7 Å². The first-order chi connectivity index (χ1) is 17.4. The van der Waals surface area contributed by atoms with Crippen LogP contribution < -0.4 is 10.6 Å². The van der Waals surface area contributed by atoms with E-state index in [4.69, 9.17) is 23.2 Å². The Morgan fingerprint density at radius 2 is 1.97 bits per heavy atom. The van der Waals surface area contributed by atoms with Crippen LogP contribution in [0.15, 0.2) is 30.3 Å². The maximum atomic E-state index is 14.8. The van der Waals surface area contributed by atoms with Crippen molar-refractivity contribution in [2.24, 2.45) is 11.8 Å². The number of H-pyrrole nitrogens is 1. The molecule has 37 heavy (non-hydrogen) atoms. The Morgan fingerprint density at radius 3 is 2.70 bits per heavy atom. The molecule has 4 atom stereocenters. The van der Waals surface area contributed by atoms with Crippen LogP contribution in [-0.4, -0.2) is 56.5 Å². The van der Waals surface area contributed by atoms with Crippen LogP contribution in [0.5, 0.6) is 0 Å². The molecule has 1 aromatic heterocycles. The van der Waals surface area contributed by atoms with E-state index in [2.05, 4.69) is 20.8 Å². The number of benzene rings is 2. The van der Waals surface area contributed by atoms with Gasteiger partial charge < -0.3 is 15.7 Å². The molecule has 3 aliphatic rings. The Hall–Kier alpha value is -3.35. The summed E-state index contributed by atoms with van der Waals surface area (Å²) in [6.45, 7) is -0.960. The number of carboxylic acids is 1. The Labute approximate surface area is 215 Å². The van der Waals surface area contributed by atoms with Gasteiger partial charge in [-0.15, -0.1) is 0 Å².